The Morgan fingerprint density at radius 2 is 1.76 bits per heavy atom. The molecule has 1 aromatic heterocycles. The molecule has 0 bridgehead atoms. The number of nitrogens with one attached hydrogen (secondary N) is 1. The summed E-state index contributed by atoms with van der Waals surface area (Å²) in [5.41, 5.74) is 6.44. The van der Waals surface area contributed by atoms with Crippen molar-refractivity contribution in [2.75, 3.05) is 12.9 Å². The van der Waals surface area contributed by atoms with E-state index in [9.17, 15) is 4.79 Å². The first kappa shape index (κ1) is 22.3. The molecule has 0 atom stereocenters. The fourth-order valence-electron chi connectivity index (χ4n) is 3.10. The molecule has 0 aliphatic heterocycles. The van der Waals surface area contributed by atoms with Crippen molar-refractivity contribution in [3.8, 4) is 22.8 Å². The lowest BCUT2D eigenvalue weighted by Gasteiger charge is -2.11. The molecule has 0 unspecified atom stereocenters. The van der Waals surface area contributed by atoms with Crippen molar-refractivity contribution in [1.29, 1.82) is 0 Å². The van der Waals surface area contributed by atoms with Crippen molar-refractivity contribution < 1.29 is 9.53 Å². The van der Waals surface area contributed by atoms with Crippen LogP contribution in [-0.2, 0) is 4.79 Å². The number of aromatic nitrogens is 3. The van der Waals surface area contributed by atoms with Gasteiger partial charge >= 0.3 is 0 Å². The van der Waals surface area contributed by atoms with Gasteiger partial charge in [-0.15, -0.1) is 10.2 Å². The Morgan fingerprint density at radius 1 is 1.03 bits per heavy atom. The Labute approximate surface area is 196 Å². The maximum Gasteiger partial charge on any atom is 0.250 e. The fraction of sp³-hybridized carbons (Fsp3) is 0.120. The van der Waals surface area contributed by atoms with Crippen LogP contribution in [0.1, 0.15) is 11.1 Å². The normalized spacial score (nSPS) is 11.0. The third-order valence-corrected chi connectivity index (χ3v) is 5.74. The van der Waals surface area contributed by atoms with E-state index >= 15 is 0 Å². The number of carbonyl (C=O) groups excluding carboxylic acids is 1. The second-order valence-electron chi connectivity index (χ2n) is 7.20. The topological polar surface area (TPSA) is 81.4 Å². The number of rotatable bonds is 8. The summed E-state index contributed by atoms with van der Waals surface area (Å²) in [5, 5.41) is 13.4. The lowest BCUT2D eigenvalue weighted by Crippen LogP contribution is -2.20. The van der Waals surface area contributed by atoms with E-state index in [-0.39, 0.29) is 11.7 Å². The van der Waals surface area contributed by atoms with Gasteiger partial charge in [0.25, 0.3) is 5.91 Å². The molecule has 1 N–H and O–H groups in total. The highest BCUT2D eigenvalue weighted by molar-refractivity contribution is 7.99. The third kappa shape index (κ3) is 5.67. The van der Waals surface area contributed by atoms with E-state index < -0.39 is 0 Å². The van der Waals surface area contributed by atoms with E-state index in [1.807, 2.05) is 90.4 Å². The number of amides is 1. The van der Waals surface area contributed by atoms with Crippen LogP contribution in [0.25, 0.3) is 17.1 Å². The minimum atomic E-state index is -0.228. The van der Waals surface area contributed by atoms with Crippen LogP contribution in [0, 0.1) is 6.92 Å². The molecule has 0 saturated carbocycles. The molecule has 8 heteroatoms. The molecule has 0 aliphatic rings. The average molecular weight is 458 g/mol. The van der Waals surface area contributed by atoms with E-state index in [1.54, 1.807) is 13.3 Å². The molecule has 4 rings (SSSR count). The fourth-order valence-corrected chi connectivity index (χ4v) is 3.84. The SMILES string of the molecule is COc1ccc(-n2c(SCC(=O)N/N=C\c3ccccc3)nnc2-c2ccc(C)cc2)cc1. The van der Waals surface area contributed by atoms with E-state index in [0.29, 0.717) is 11.0 Å². The Balaban J connectivity index is 1.53. The van der Waals surface area contributed by atoms with Crippen LogP contribution in [0.15, 0.2) is 89.1 Å². The number of hydrogen-bond acceptors (Lipinski definition) is 6. The lowest BCUT2D eigenvalue weighted by molar-refractivity contribution is -0.118. The monoisotopic (exact) mass is 457 g/mol. The van der Waals surface area contributed by atoms with Crippen LogP contribution in [0.2, 0.25) is 0 Å². The summed E-state index contributed by atoms with van der Waals surface area (Å²) in [6.45, 7) is 2.04. The molecule has 0 spiro atoms. The molecule has 7 nitrogen and oxygen atoms in total. The first-order valence-electron chi connectivity index (χ1n) is 10.3. The van der Waals surface area contributed by atoms with Crippen LogP contribution >= 0.6 is 11.8 Å². The quantitative estimate of drug-likeness (QED) is 0.239. The molecule has 33 heavy (non-hydrogen) atoms. The number of aryl methyl sites for hydroxylation is 1. The first-order chi connectivity index (χ1) is 16.1. The van der Waals surface area contributed by atoms with Crippen LogP contribution in [0.5, 0.6) is 5.75 Å². The van der Waals surface area contributed by atoms with Gasteiger partial charge in [-0.25, -0.2) is 5.43 Å². The Bertz CT molecular complexity index is 1240. The maximum atomic E-state index is 12.3. The van der Waals surface area contributed by atoms with E-state index in [2.05, 4.69) is 20.7 Å². The summed E-state index contributed by atoms with van der Waals surface area (Å²) in [4.78, 5) is 12.3. The highest BCUT2D eigenvalue weighted by Crippen LogP contribution is 2.29. The highest BCUT2D eigenvalue weighted by Gasteiger charge is 2.17. The molecular weight excluding hydrogens is 434 g/mol. The Morgan fingerprint density at radius 3 is 2.45 bits per heavy atom. The van der Waals surface area contributed by atoms with Crippen LogP contribution in [0.3, 0.4) is 0 Å². The summed E-state index contributed by atoms with van der Waals surface area (Å²) in [6.07, 6.45) is 1.61. The Kier molecular flexibility index (Phi) is 7.16. The van der Waals surface area contributed by atoms with Crippen molar-refractivity contribution in [2.45, 2.75) is 12.1 Å². The summed E-state index contributed by atoms with van der Waals surface area (Å²) in [5.74, 6) is 1.38. The molecule has 166 valence electrons. The lowest BCUT2D eigenvalue weighted by atomic mass is 10.1. The molecule has 0 fully saturated rings. The van der Waals surface area contributed by atoms with Crippen LogP contribution < -0.4 is 10.2 Å². The summed E-state index contributed by atoms with van der Waals surface area (Å²) in [7, 11) is 1.63. The second-order valence-corrected chi connectivity index (χ2v) is 8.14. The van der Waals surface area contributed by atoms with Crippen molar-refractivity contribution in [2.24, 2.45) is 5.10 Å². The number of benzene rings is 3. The molecule has 1 amide bonds. The van der Waals surface area contributed by atoms with Gasteiger partial charge in [-0.3, -0.25) is 9.36 Å². The minimum absolute atomic E-state index is 0.147. The largest absolute Gasteiger partial charge is 0.497 e. The van der Waals surface area contributed by atoms with Gasteiger partial charge in [0.1, 0.15) is 5.75 Å². The minimum Gasteiger partial charge on any atom is -0.497 e. The summed E-state index contributed by atoms with van der Waals surface area (Å²) >= 11 is 1.30. The van der Waals surface area contributed by atoms with Gasteiger partial charge in [-0.1, -0.05) is 71.9 Å². The maximum absolute atomic E-state index is 12.3. The zero-order valence-electron chi connectivity index (χ0n) is 18.3. The molecule has 0 saturated heterocycles. The zero-order valence-corrected chi connectivity index (χ0v) is 19.1. The molecule has 3 aromatic carbocycles. The summed E-state index contributed by atoms with van der Waals surface area (Å²) < 4.78 is 7.22. The average Bonchev–Trinajstić information content (AvgIpc) is 3.28. The standard InChI is InChI=1S/C25H23N5O2S/c1-18-8-10-20(11-9-18)24-28-29-25(30(24)21-12-14-22(32-2)15-13-21)33-17-23(31)27-26-16-19-6-4-3-5-7-19/h3-16H,17H2,1-2H3,(H,27,31)/b26-16-. The first-order valence-corrected chi connectivity index (χ1v) is 11.3. The molecule has 0 radical (unpaired) electrons. The molecule has 4 aromatic rings. The predicted molar refractivity (Wildman–Crippen MR) is 131 cm³/mol. The van der Waals surface area contributed by atoms with E-state index in [0.717, 1.165) is 28.1 Å². The van der Waals surface area contributed by atoms with Gasteiger partial charge in [0.2, 0.25) is 0 Å². The van der Waals surface area contributed by atoms with Crippen LogP contribution in [0.4, 0.5) is 0 Å². The number of thioether (sulfide) groups is 1. The molecule has 0 aliphatic carbocycles. The number of carbonyl (C=O) groups is 1. The van der Waals surface area contributed by atoms with Gasteiger partial charge in [0, 0.05) is 11.3 Å². The summed E-state index contributed by atoms with van der Waals surface area (Å²) in [6, 6.07) is 25.3. The third-order valence-electron chi connectivity index (χ3n) is 4.81. The number of ether oxygens (including phenoxy) is 1. The molecular formula is C25H23N5O2S. The number of methoxy groups -OCH3 is 1. The number of nitrogens with zero attached hydrogens (tertiary/aromatic N) is 4. The van der Waals surface area contributed by atoms with Gasteiger partial charge in [-0.2, -0.15) is 5.10 Å². The number of hydrazone groups is 1. The van der Waals surface area contributed by atoms with Crippen LogP contribution in [-0.4, -0.2) is 39.7 Å². The number of hydrogen-bond donors (Lipinski definition) is 1. The smallest absolute Gasteiger partial charge is 0.250 e. The second kappa shape index (κ2) is 10.6. The van der Waals surface area contributed by atoms with Gasteiger partial charge in [0.15, 0.2) is 11.0 Å². The van der Waals surface area contributed by atoms with Gasteiger partial charge < -0.3 is 4.74 Å². The Hall–Kier alpha value is -3.91. The van der Waals surface area contributed by atoms with E-state index in [4.69, 9.17) is 4.74 Å². The van der Waals surface area contributed by atoms with Crippen molar-refractivity contribution in [3.05, 3.63) is 90.0 Å². The molecule has 1 heterocycles. The van der Waals surface area contributed by atoms with E-state index in [1.165, 1.54) is 11.8 Å². The zero-order chi connectivity index (χ0) is 23.0. The van der Waals surface area contributed by atoms with Crippen molar-refractivity contribution >= 4 is 23.9 Å². The predicted octanol–water partition coefficient (Wildman–Crippen LogP) is 4.49. The van der Waals surface area contributed by atoms with Crippen molar-refractivity contribution in [3.63, 3.8) is 0 Å². The highest BCUT2D eigenvalue weighted by atomic mass is 32.2. The van der Waals surface area contributed by atoms with Gasteiger partial charge in [0.05, 0.1) is 19.1 Å². The van der Waals surface area contributed by atoms with Gasteiger partial charge in [-0.05, 0) is 36.8 Å². The van der Waals surface area contributed by atoms with Crippen molar-refractivity contribution in [1.82, 2.24) is 20.2 Å².